The molecule has 1 unspecified atom stereocenters. The van der Waals surface area contributed by atoms with Gasteiger partial charge >= 0.3 is 0 Å². The van der Waals surface area contributed by atoms with E-state index in [1.165, 1.54) is 6.42 Å². The van der Waals surface area contributed by atoms with E-state index >= 15 is 0 Å². The molecular weight excluding hydrogens is 302 g/mol. The van der Waals surface area contributed by atoms with Gasteiger partial charge in [-0.05, 0) is 50.7 Å². The molecule has 0 saturated carbocycles. The van der Waals surface area contributed by atoms with Crippen LogP contribution in [0.2, 0.25) is 0 Å². The molecule has 3 heterocycles. The molecule has 2 saturated heterocycles. The molecule has 5 heteroatoms. The van der Waals surface area contributed by atoms with Gasteiger partial charge in [-0.1, -0.05) is 0 Å². The maximum absolute atomic E-state index is 12.6. The number of rotatable bonds is 4. The first-order valence-electron chi connectivity index (χ1n) is 8.99. The SMILES string of the molecule is COCC1CC2(CCN(C(=O)c3cccnc3)CC2)CN1C(C)C. The first-order valence-corrected chi connectivity index (χ1v) is 8.99. The Bertz CT molecular complexity index is 553. The molecule has 2 aliphatic rings. The number of carbonyl (C=O) groups is 1. The Kier molecular flexibility index (Phi) is 5.21. The number of nitrogens with zero attached hydrogens (tertiary/aromatic N) is 3. The summed E-state index contributed by atoms with van der Waals surface area (Å²) >= 11 is 0. The molecule has 3 rings (SSSR count). The van der Waals surface area contributed by atoms with Crippen molar-refractivity contribution in [2.75, 3.05) is 33.4 Å². The van der Waals surface area contributed by atoms with Crippen LogP contribution in [-0.4, -0.2) is 66.1 Å². The van der Waals surface area contributed by atoms with Crippen LogP contribution >= 0.6 is 0 Å². The summed E-state index contributed by atoms with van der Waals surface area (Å²) in [6.45, 7) is 8.16. The predicted octanol–water partition coefficient (Wildman–Crippen LogP) is 2.43. The summed E-state index contributed by atoms with van der Waals surface area (Å²) in [7, 11) is 1.79. The highest BCUT2D eigenvalue weighted by molar-refractivity contribution is 5.93. The number of piperidine rings is 1. The van der Waals surface area contributed by atoms with Crippen LogP contribution in [0, 0.1) is 5.41 Å². The lowest BCUT2D eigenvalue weighted by Crippen LogP contribution is -2.44. The number of methoxy groups -OCH3 is 1. The molecule has 0 aliphatic carbocycles. The summed E-state index contributed by atoms with van der Waals surface area (Å²) in [5.41, 5.74) is 1.04. The first kappa shape index (κ1) is 17.4. The lowest BCUT2D eigenvalue weighted by atomic mass is 9.76. The van der Waals surface area contributed by atoms with Gasteiger partial charge in [-0.2, -0.15) is 0 Å². The number of carbonyl (C=O) groups excluding carboxylic acids is 1. The molecule has 1 amide bonds. The fourth-order valence-corrected chi connectivity index (χ4v) is 4.37. The van der Waals surface area contributed by atoms with E-state index in [9.17, 15) is 4.79 Å². The highest BCUT2D eigenvalue weighted by atomic mass is 16.5. The van der Waals surface area contributed by atoms with Gasteiger partial charge in [-0.25, -0.2) is 0 Å². The van der Waals surface area contributed by atoms with Crippen molar-refractivity contribution in [3.8, 4) is 0 Å². The second-order valence-corrected chi connectivity index (χ2v) is 7.61. The van der Waals surface area contributed by atoms with E-state index in [0.717, 1.165) is 39.1 Å². The molecule has 0 bridgehead atoms. The third-order valence-electron chi connectivity index (χ3n) is 5.70. The highest BCUT2D eigenvalue weighted by Gasteiger charge is 2.46. The van der Waals surface area contributed by atoms with Gasteiger partial charge in [0.15, 0.2) is 0 Å². The third-order valence-corrected chi connectivity index (χ3v) is 5.70. The van der Waals surface area contributed by atoms with E-state index in [1.807, 2.05) is 17.0 Å². The number of aromatic nitrogens is 1. The Morgan fingerprint density at radius 2 is 2.17 bits per heavy atom. The van der Waals surface area contributed by atoms with Crippen LogP contribution in [-0.2, 0) is 4.74 Å². The number of amides is 1. The molecule has 1 atom stereocenters. The summed E-state index contributed by atoms with van der Waals surface area (Å²) in [6, 6.07) is 4.73. The molecule has 1 aromatic rings. The number of ether oxygens (including phenoxy) is 1. The topological polar surface area (TPSA) is 45.7 Å². The van der Waals surface area contributed by atoms with Crippen LogP contribution in [0.3, 0.4) is 0 Å². The van der Waals surface area contributed by atoms with E-state index in [2.05, 4.69) is 23.7 Å². The van der Waals surface area contributed by atoms with Crippen molar-refractivity contribution in [1.82, 2.24) is 14.8 Å². The molecule has 2 fully saturated rings. The lowest BCUT2D eigenvalue weighted by Gasteiger charge is -2.39. The van der Waals surface area contributed by atoms with Gasteiger partial charge in [-0.15, -0.1) is 0 Å². The molecule has 24 heavy (non-hydrogen) atoms. The zero-order valence-corrected chi connectivity index (χ0v) is 15.1. The molecule has 1 aromatic heterocycles. The maximum atomic E-state index is 12.6. The Hall–Kier alpha value is -1.46. The van der Waals surface area contributed by atoms with E-state index in [4.69, 9.17) is 4.74 Å². The van der Waals surface area contributed by atoms with Gasteiger partial charge in [0.1, 0.15) is 0 Å². The fraction of sp³-hybridized carbons (Fsp3) is 0.684. The van der Waals surface area contributed by atoms with Crippen molar-refractivity contribution < 1.29 is 9.53 Å². The molecule has 5 nitrogen and oxygen atoms in total. The first-order chi connectivity index (χ1) is 11.5. The predicted molar refractivity (Wildman–Crippen MR) is 93.9 cm³/mol. The maximum Gasteiger partial charge on any atom is 0.255 e. The van der Waals surface area contributed by atoms with Gasteiger partial charge in [0.25, 0.3) is 5.91 Å². The van der Waals surface area contributed by atoms with Gasteiger partial charge in [0.2, 0.25) is 0 Å². The zero-order chi connectivity index (χ0) is 17.2. The zero-order valence-electron chi connectivity index (χ0n) is 15.1. The van der Waals surface area contributed by atoms with Gasteiger partial charge < -0.3 is 9.64 Å². The molecule has 0 N–H and O–H groups in total. The van der Waals surface area contributed by atoms with Crippen LogP contribution < -0.4 is 0 Å². The molecule has 0 radical (unpaired) electrons. The summed E-state index contributed by atoms with van der Waals surface area (Å²) in [4.78, 5) is 21.2. The molecule has 1 spiro atoms. The van der Waals surface area contributed by atoms with E-state index in [0.29, 0.717) is 23.1 Å². The standard InChI is InChI=1S/C19H29N3O2/c1-15(2)22-14-19(11-17(22)13-24-3)6-9-21(10-7-19)18(23)16-5-4-8-20-12-16/h4-5,8,12,15,17H,6-7,9-11,13-14H2,1-3H3. The molecule has 0 aromatic carbocycles. The van der Waals surface area contributed by atoms with Gasteiger partial charge in [0.05, 0.1) is 12.2 Å². The summed E-state index contributed by atoms with van der Waals surface area (Å²) in [5, 5.41) is 0. The minimum atomic E-state index is 0.116. The summed E-state index contributed by atoms with van der Waals surface area (Å²) in [5.74, 6) is 0.116. The summed E-state index contributed by atoms with van der Waals surface area (Å²) in [6.07, 6.45) is 6.73. The largest absolute Gasteiger partial charge is 0.383 e. The highest BCUT2D eigenvalue weighted by Crippen LogP contribution is 2.44. The molecule has 132 valence electrons. The average Bonchev–Trinajstić information content (AvgIpc) is 2.94. The normalized spacial score (nSPS) is 24.0. The van der Waals surface area contributed by atoms with Crippen molar-refractivity contribution in [2.45, 2.75) is 45.2 Å². The quantitative estimate of drug-likeness (QED) is 0.850. The van der Waals surface area contributed by atoms with Crippen molar-refractivity contribution in [3.63, 3.8) is 0 Å². The van der Waals surface area contributed by atoms with Crippen molar-refractivity contribution >= 4 is 5.91 Å². The lowest BCUT2D eigenvalue weighted by molar-refractivity contribution is 0.0581. The van der Waals surface area contributed by atoms with Crippen molar-refractivity contribution in [1.29, 1.82) is 0 Å². The van der Waals surface area contributed by atoms with Crippen LogP contribution in [0.1, 0.15) is 43.5 Å². The number of likely N-dealkylation sites (tertiary alicyclic amines) is 2. The monoisotopic (exact) mass is 331 g/mol. The van der Waals surface area contributed by atoms with Crippen LogP contribution in [0.4, 0.5) is 0 Å². The Balaban J connectivity index is 1.63. The van der Waals surface area contributed by atoms with E-state index < -0.39 is 0 Å². The van der Waals surface area contributed by atoms with Crippen molar-refractivity contribution in [2.24, 2.45) is 5.41 Å². The Morgan fingerprint density at radius 1 is 1.42 bits per heavy atom. The van der Waals surface area contributed by atoms with E-state index in [1.54, 1.807) is 19.5 Å². The van der Waals surface area contributed by atoms with E-state index in [-0.39, 0.29) is 5.91 Å². The Morgan fingerprint density at radius 3 is 2.75 bits per heavy atom. The minimum absolute atomic E-state index is 0.116. The van der Waals surface area contributed by atoms with Gasteiger partial charge in [-0.3, -0.25) is 14.7 Å². The summed E-state index contributed by atoms with van der Waals surface area (Å²) < 4.78 is 5.44. The van der Waals surface area contributed by atoms with Crippen LogP contribution in [0.5, 0.6) is 0 Å². The fourth-order valence-electron chi connectivity index (χ4n) is 4.37. The second kappa shape index (κ2) is 7.19. The van der Waals surface area contributed by atoms with Crippen LogP contribution in [0.25, 0.3) is 0 Å². The molecule has 2 aliphatic heterocycles. The number of pyridine rings is 1. The number of hydrogen-bond acceptors (Lipinski definition) is 4. The van der Waals surface area contributed by atoms with Crippen LogP contribution in [0.15, 0.2) is 24.5 Å². The van der Waals surface area contributed by atoms with Gasteiger partial charge in [0, 0.05) is 51.2 Å². The minimum Gasteiger partial charge on any atom is -0.383 e. The molecular formula is C19H29N3O2. The smallest absolute Gasteiger partial charge is 0.255 e. The Labute approximate surface area is 145 Å². The number of hydrogen-bond donors (Lipinski definition) is 0. The third kappa shape index (κ3) is 3.47. The average molecular weight is 331 g/mol. The second-order valence-electron chi connectivity index (χ2n) is 7.61. The van der Waals surface area contributed by atoms with Crippen molar-refractivity contribution in [3.05, 3.63) is 30.1 Å².